The van der Waals surface area contributed by atoms with Gasteiger partial charge < -0.3 is 0 Å². The smallest absolute Gasteiger partial charge is 0.133 e. The van der Waals surface area contributed by atoms with Gasteiger partial charge in [0.15, 0.2) is 0 Å². The van der Waals surface area contributed by atoms with Gasteiger partial charge in [-0.1, -0.05) is 40.7 Å². The molecular formula is C15H28O. The van der Waals surface area contributed by atoms with Crippen LogP contribution in [0.1, 0.15) is 66.7 Å². The second-order valence-corrected chi connectivity index (χ2v) is 6.80. The van der Waals surface area contributed by atoms with Gasteiger partial charge in [0, 0.05) is 12.8 Å². The molecule has 0 radical (unpaired) electrons. The van der Waals surface area contributed by atoms with Gasteiger partial charge in [-0.2, -0.15) is 0 Å². The molecule has 0 atom stereocenters. The van der Waals surface area contributed by atoms with Crippen molar-refractivity contribution in [1.82, 2.24) is 0 Å². The molecular weight excluding hydrogens is 196 g/mol. The van der Waals surface area contributed by atoms with E-state index in [0.29, 0.717) is 18.6 Å². The summed E-state index contributed by atoms with van der Waals surface area (Å²) in [7, 11) is 0. The number of ketones is 1. The van der Waals surface area contributed by atoms with E-state index < -0.39 is 0 Å². The van der Waals surface area contributed by atoms with E-state index in [4.69, 9.17) is 0 Å². The molecule has 0 N–H and O–H groups in total. The van der Waals surface area contributed by atoms with Gasteiger partial charge in [0.05, 0.1) is 0 Å². The molecule has 0 amide bonds. The number of carbonyl (C=O) groups is 1. The lowest BCUT2D eigenvalue weighted by Gasteiger charge is -2.25. The first-order valence-corrected chi connectivity index (χ1v) is 6.29. The fourth-order valence-corrected chi connectivity index (χ4v) is 2.00. The second kappa shape index (κ2) is 6.22. The summed E-state index contributed by atoms with van der Waals surface area (Å²) < 4.78 is 0. The van der Waals surface area contributed by atoms with Crippen LogP contribution in [0.4, 0.5) is 0 Å². The molecule has 0 unspecified atom stereocenters. The van der Waals surface area contributed by atoms with Crippen LogP contribution in [0.5, 0.6) is 0 Å². The van der Waals surface area contributed by atoms with Gasteiger partial charge in [0.1, 0.15) is 5.78 Å². The first kappa shape index (κ1) is 15.4. The molecule has 0 aliphatic carbocycles. The first-order chi connectivity index (χ1) is 7.16. The van der Waals surface area contributed by atoms with Crippen LogP contribution in [-0.2, 0) is 4.79 Å². The van der Waals surface area contributed by atoms with Crippen LogP contribution in [0.3, 0.4) is 0 Å². The van der Waals surface area contributed by atoms with Gasteiger partial charge >= 0.3 is 0 Å². The first-order valence-electron chi connectivity index (χ1n) is 6.29. The maximum absolute atomic E-state index is 11.9. The highest BCUT2D eigenvalue weighted by Gasteiger charge is 2.24. The molecule has 0 aliphatic rings. The van der Waals surface area contributed by atoms with Crippen LogP contribution in [0, 0.1) is 10.8 Å². The Kier molecular flexibility index (Phi) is 5.99. The summed E-state index contributed by atoms with van der Waals surface area (Å²) in [6, 6.07) is 0. The third kappa shape index (κ3) is 8.70. The molecule has 0 spiro atoms. The van der Waals surface area contributed by atoms with E-state index in [2.05, 4.69) is 41.2 Å². The quantitative estimate of drug-likeness (QED) is 0.450. The predicted molar refractivity (Wildman–Crippen MR) is 71.5 cm³/mol. The fourth-order valence-electron chi connectivity index (χ4n) is 2.00. The standard InChI is InChI=1S/C15H28O/c1-7-8-9-10-15(5,6)12-13(16)11-14(2,3)4/h7H,1,8-12H2,2-6H3. The Labute approximate surface area is 101 Å². The predicted octanol–water partition coefficient (Wildman–Crippen LogP) is 4.76. The van der Waals surface area contributed by atoms with Crippen molar-refractivity contribution in [2.24, 2.45) is 10.8 Å². The second-order valence-electron chi connectivity index (χ2n) is 6.80. The highest BCUT2D eigenvalue weighted by Crippen LogP contribution is 2.30. The number of hydrogen-bond donors (Lipinski definition) is 0. The van der Waals surface area contributed by atoms with Gasteiger partial charge in [0.2, 0.25) is 0 Å². The van der Waals surface area contributed by atoms with Crippen LogP contribution in [0.2, 0.25) is 0 Å². The van der Waals surface area contributed by atoms with E-state index in [1.807, 2.05) is 6.08 Å². The Balaban J connectivity index is 4.04. The van der Waals surface area contributed by atoms with Gasteiger partial charge in [-0.3, -0.25) is 4.79 Å². The van der Waals surface area contributed by atoms with Gasteiger partial charge in [0.25, 0.3) is 0 Å². The van der Waals surface area contributed by atoms with Crippen molar-refractivity contribution in [2.45, 2.75) is 66.7 Å². The molecule has 16 heavy (non-hydrogen) atoms. The molecule has 1 heteroatoms. The molecule has 0 aromatic rings. The number of hydrogen-bond acceptors (Lipinski definition) is 1. The molecule has 0 saturated heterocycles. The molecule has 0 heterocycles. The maximum atomic E-state index is 11.9. The summed E-state index contributed by atoms with van der Waals surface area (Å²) >= 11 is 0. The Morgan fingerprint density at radius 3 is 2.12 bits per heavy atom. The molecule has 94 valence electrons. The highest BCUT2D eigenvalue weighted by atomic mass is 16.1. The van der Waals surface area contributed by atoms with Crippen LogP contribution in [0.15, 0.2) is 12.7 Å². The van der Waals surface area contributed by atoms with Crippen LogP contribution in [-0.4, -0.2) is 5.78 Å². The summed E-state index contributed by atoms with van der Waals surface area (Å²) in [5.41, 5.74) is 0.264. The minimum atomic E-state index is 0.119. The Hall–Kier alpha value is -0.590. The largest absolute Gasteiger partial charge is 0.300 e. The van der Waals surface area contributed by atoms with Crippen molar-refractivity contribution in [2.75, 3.05) is 0 Å². The third-order valence-electron chi connectivity index (χ3n) is 2.67. The summed E-state index contributed by atoms with van der Waals surface area (Å²) in [5, 5.41) is 0. The van der Waals surface area contributed by atoms with Crippen LogP contribution < -0.4 is 0 Å². The molecule has 0 aromatic heterocycles. The van der Waals surface area contributed by atoms with Crippen LogP contribution >= 0.6 is 0 Å². The SMILES string of the molecule is C=CCCCC(C)(C)CC(=O)CC(C)(C)C. The molecule has 0 bridgehead atoms. The number of carbonyl (C=O) groups excluding carboxylic acids is 1. The summed E-state index contributed by atoms with van der Waals surface area (Å²) in [6.45, 7) is 14.5. The Bertz CT molecular complexity index is 230. The average Bonchev–Trinajstić information content (AvgIpc) is 1.98. The van der Waals surface area contributed by atoms with Crippen molar-refractivity contribution in [3.05, 3.63) is 12.7 Å². The molecule has 0 aromatic carbocycles. The van der Waals surface area contributed by atoms with E-state index >= 15 is 0 Å². The fraction of sp³-hybridized carbons (Fsp3) is 0.800. The Morgan fingerprint density at radius 1 is 1.12 bits per heavy atom. The van der Waals surface area contributed by atoms with Crippen molar-refractivity contribution in [3.8, 4) is 0 Å². The van der Waals surface area contributed by atoms with Crippen molar-refractivity contribution in [3.63, 3.8) is 0 Å². The number of allylic oxidation sites excluding steroid dienone is 1. The molecule has 0 saturated carbocycles. The number of rotatable bonds is 7. The summed E-state index contributed by atoms with van der Waals surface area (Å²) in [6.07, 6.45) is 6.65. The zero-order valence-corrected chi connectivity index (χ0v) is 11.7. The zero-order valence-electron chi connectivity index (χ0n) is 11.7. The van der Waals surface area contributed by atoms with Gasteiger partial charge in [-0.25, -0.2) is 0 Å². The molecule has 0 rings (SSSR count). The maximum Gasteiger partial charge on any atom is 0.133 e. The highest BCUT2D eigenvalue weighted by molar-refractivity contribution is 5.79. The monoisotopic (exact) mass is 224 g/mol. The minimum absolute atomic E-state index is 0.119. The number of Topliss-reactive ketones (excluding diaryl/α,β-unsaturated/α-hetero) is 1. The Morgan fingerprint density at radius 2 is 1.69 bits per heavy atom. The lowest BCUT2D eigenvalue weighted by Crippen LogP contribution is -2.21. The summed E-state index contributed by atoms with van der Waals surface area (Å²) in [4.78, 5) is 11.9. The minimum Gasteiger partial charge on any atom is -0.300 e. The number of unbranched alkanes of at least 4 members (excludes halogenated alkanes) is 1. The van der Waals surface area contributed by atoms with Gasteiger partial charge in [-0.15, -0.1) is 6.58 Å². The van der Waals surface area contributed by atoms with Crippen LogP contribution in [0.25, 0.3) is 0 Å². The zero-order chi connectivity index (χ0) is 12.8. The average molecular weight is 224 g/mol. The van der Waals surface area contributed by atoms with Gasteiger partial charge in [-0.05, 0) is 30.1 Å². The van der Waals surface area contributed by atoms with Crippen molar-refractivity contribution in [1.29, 1.82) is 0 Å². The lowest BCUT2D eigenvalue weighted by molar-refractivity contribution is -0.122. The van der Waals surface area contributed by atoms with E-state index in [1.54, 1.807) is 0 Å². The van der Waals surface area contributed by atoms with E-state index in [0.717, 1.165) is 19.3 Å². The van der Waals surface area contributed by atoms with Crippen molar-refractivity contribution < 1.29 is 4.79 Å². The van der Waals surface area contributed by atoms with E-state index in [9.17, 15) is 4.79 Å². The molecule has 0 aliphatic heterocycles. The molecule has 1 nitrogen and oxygen atoms in total. The lowest BCUT2D eigenvalue weighted by atomic mass is 9.79. The molecule has 0 fully saturated rings. The topological polar surface area (TPSA) is 17.1 Å². The van der Waals surface area contributed by atoms with E-state index in [1.165, 1.54) is 0 Å². The van der Waals surface area contributed by atoms with E-state index in [-0.39, 0.29) is 10.8 Å². The van der Waals surface area contributed by atoms with Crippen molar-refractivity contribution >= 4 is 5.78 Å². The third-order valence-corrected chi connectivity index (χ3v) is 2.67. The summed E-state index contributed by atoms with van der Waals surface area (Å²) in [5.74, 6) is 0.399. The normalized spacial score (nSPS) is 12.6.